The number of ketones is 1. The van der Waals surface area contributed by atoms with Crippen LogP contribution < -0.4 is 5.32 Å². The van der Waals surface area contributed by atoms with Crippen LogP contribution in [-0.4, -0.2) is 16.9 Å². The van der Waals surface area contributed by atoms with Crippen LogP contribution in [0.15, 0.2) is 23.1 Å². The predicted octanol–water partition coefficient (Wildman–Crippen LogP) is 3.10. The number of hydrogen-bond donors (Lipinski definition) is 1. The van der Waals surface area contributed by atoms with Crippen molar-refractivity contribution in [2.75, 3.05) is 5.32 Å². The summed E-state index contributed by atoms with van der Waals surface area (Å²) in [4.78, 5) is 24.8. The van der Waals surface area contributed by atoms with Crippen LogP contribution >= 0.6 is 11.8 Å². The van der Waals surface area contributed by atoms with Gasteiger partial charge < -0.3 is 5.32 Å². The summed E-state index contributed by atoms with van der Waals surface area (Å²) in [6.07, 6.45) is 3.17. The Morgan fingerprint density at radius 1 is 1.39 bits per heavy atom. The van der Waals surface area contributed by atoms with E-state index < -0.39 is 0 Å². The van der Waals surface area contributed by atoms with Gasteiger partial charge in [-0.15, -0.1) is 11.8 Å². The van der Waals surface area contributed by atoms with Gasteiger partial charge in [0.25, 0.3) is 0 Å². The summed E-state index contributed by atoms with van der Waals surface area (Å²) in [5.41, 5.74) is 1.52. The van der Waals surface area contributed by atoms with Crippen molar-refractivity contribution >= 4 is 29.1 Å². The van der Waals surface area contributed by atoms with E-state index in [1.54, 1.807) is 11.8 Å². The number of thioether (sulfide) groups is 1. The van der Waals surface area contributed by atoms with E-state index in [9.17, 15) is 9.59 Å². The Hall–Kier alpha value is -1.29. The summed E-state index contributed by atoms with van der Waals surface area (Å²) in [5, 5.41) is 2.80. The fourth-order valence-electron chi connectivity index (χ4n) is 2.27. The SMILES string of the molecule is CC1Sc2ccc(C(=O)C3CCC3)cc2NC1=O. The molecule has 2 aliphatic rings. The highest BCUT2D eigenvalue weighted by Gasteiger charge is 2.28. The van der Waals surface area contributed by atoms with Crippen LogP contribution in [0.5, 0.6) is 0 Å². The Morgan fingerprint density at radius 3 is 2.83 bits per heavy atom. The number of carbonyl (C=O) groups is 2. The van der Waals surface area contributed by atoms with Gasteiger partial charge in [0.15, 0.2) is 5.78 Å². The largest absolute Gasteiger partial charge is 0.324 e. The molecule has 0 saturated heterocycles. The predicted molar refractivity (Wildman–Crippen MR) is 72.1 cm³/mol. The molecule has 1 atom stereocenters. The lowest BCUT2D eigenvalue weighted by atomic mass is 9.80. The van der Waals surface area contributed by atoms with Crippen LogP contribution in [-0.2, 0) is 4.79 Å². The van der Waals surface area contributed by atoms with Crippen LogP contribution in [0.2, 0.25) is 0 Å². The molecule has 1 saturated carbocycles. The van der Waals surface area contributed by atoms with Crippen molar-refractivity contribution in [1.29, 1.82) is 0 Å². The molecule has 3 rings (SSSR count). The smallest absolute Gasteiger partial charge is 0.237 e. The lowest BCUT2D eigenvalue weighted by Gasteiger charge is -2.25. The monoisotopic (exact) mass is 261 g/mol. The van der Waals surface area contributed by atoms with Crippen molar-refractivity contribution in [2.45, 2.75) is 36.3 Å². The van der Waals surface area contributed by atoms with Gasteiger partial charge in [0.1, 0.15) is 0 Å². The fraction of sp³-hybridized carbons (Fsp3) is 0.429. The van der Waals surface area contributed by atoms with Gasteiger partial charge in [-0.3, -0.25) is 9.59 Å². The summed E-state index contributed by atoms with van der Waals surface area (Å²) in [6.45, 7) is 1.89. The number of nitrogens with one attached hydrogen (secondary N) is 1. The van der Waals surface area contributed by atoms with E-state index in [1.165, 1.54) is 0 Å². The molecule has 4 heteroatoms. The second kappa shape index (κ2) is 4.43. The Kier molecular flexibility index (Phi) is 2.90. The zero-order valence-electron chi connectivity index (χ0n) is 10.2. The first-order valence-electron chi connectivity index (χ1n) is 6.31. The molecule has 0 aromatic heterocycles. The Balaban J connectivity index is 1.88. The molecule has 1 fully saturated rings. The van der Waals surface area contributed by atoms with Gasteiger partial charge in [-0.2, -0.15) is 0 Å². The normalized spacial score (nSPS) is 22.9. The molecular formula is C14H15NO2S. The van der Waals surface area contributed by atoms with E-state index in [2.05, 4.69) is 5.32 Å². The summed E-state index contributed by atoms with van der Waals surface area (Å²) in [6, 6.07) is 5.66. The van der Waals surface area contributed by atoms with Crippen molar-refractivity contribution in [3.8, 4) is 0 Å². The molecule has 0 spiro atoms. The average molecular weight is 261 g/mol. The lowest BCUT2D eigenvalue weighted by Crippen LogP contribution is -2.27. The first kappa shape index (κ1) is 11.8. The molecule has 1 unspecified atom stereocenters. The summed E-state index contributed by atoms with van der Waals surface area (Å²) in [5.74, 6) is 0.441. The summed E-state index contributed by atoms with van der Waals surface area (Å²) in [7, 11) is 0. The number of fused-ring (bicyclic) bond motifs is 1. The highest BCUT2D eigenvalue weighted by atomic mass is 32.2. The lowest BCUT2D eigenvalue weighted by molar-refractivity contribution is -0.115. The minimum absolute atomic E-state index is 0.0146. The number of Topliss-reactive ketones (excluding diaryl/α,β-unsaturated/α-hetero) is 1. The van der Waals surface area contributed by atoms with Crippen LogP contribution in [0.25, 0.3) is 0 Å². The topological polar surface area (TPSA) is 46.2 Å². The number of rotatable bonds is 2. The van der Waals surface area contributed by atoms with Gasteiger partial charge in [0.2, 0.25) is 5.91 Å². The molecule has 1 N–H and O–H groups in total. The molecule has 0 bridgehead atoms. The number of hydrogen-bond acceptors (Lipinski definition) is 3. The fourth-order valence-corrected chi connectivity index (χ4v) is 3.20. The van der Waals surface area contributed by atoms with Gasteiger partial charge in [-0.1, -0.05) is 12.5 Å². The third-order valence-corrected chi connectivity index (χ3v) is 4.85. The van der Waals surface area contributed by atoms with Gasteiger partial charge in [-0.25, -0.2) is 0 Å². The molecule has 0 radical (unpaired) electrons. The third kappa shape index (κ3) is 1.94. The Labute approximate surface area is 110 Å². The molecule has 1 aromatic rings. The second-order valence-corrected chi connectivity index (χ2v) is 6.33. The average Bonchev–Trinajstić information content (AvgIpc) is 2.27. The van der Waals surface area contributed by atoms with E-state index in [0.29, 0.717) is 0 Å². The third-order valence-electron chi connectivity index (χ3n) is 3.67. The first-order chi connectivity index (χ1) is 8.65. The molecule has 1 aromatic carbocycles. The molecule has 94 valence electrons. The molecule has 1 aliphatic heterocycles. The van der Waals surface area contributed by atoms with Crippen molar-refractivity contribution in [3.05, 3.63) is 23.8 Å². The molecular weight excluding hydrogens is 246 g/mol. The quantitative estimate of drug-likeness (QED) is 0.832. The first-order valence-corrected chi connectivity index (χ1v) is 7.19. The maximum Gasteiger partial charge on any atom is 0.237 e. The maximum absolute atomic E-state index is 12.1. The Bertz CT molecular complexity index is 523. The minimum Gasteiger partial charge on any atom is -0.324 e. The van der Waals surface area contributed by atoms with Crippen LogP contribution in [0, 0.1) is 5.92 Å². The molecule has 1 aliphatic carbocycles. The number of carbonyl (C=O) groups excluding carboxylic acids is 2. The van der Waals surface area contributed by atoms with E-state index in [0.717, 1.165) is 35.4 Å². The number of amides is 1. The highest BCUT2D eigenvalue weighted by molar-refractivity contribution is 8.00. The Morgan fingerprint density at radius 2 is 2.17 bits per heavy atom. The zero-order chi connectivity index (χ0) is 12.7. The molecule has 18 heavy (non-hydrogen) atoms. The zero-order valence-corrected chi connectivity index (χ0v) is 11.0. The summed E-state index contributed by atoms with van der Waals surface area (Å²) >= 11 is 1.55. The maximum atomic E-state index is 12.1. The van der Waals surface area contributed by atoms with Gasteiger partial charge in [0.05, 0.1) is 10.9 Å². The van der Waals surface area contributed by atoms with Gasteiger partial charge in [-0.05, 0) is 31.9 Å². The van der Waals surface area contributed by atoms with Crippen molar-refractivity contribution in [3.63, 3.8) is 0 Å². The van der Waals surface area contributed by atoms with E-state index >= 15 is 0 Å². The van der Waals surface area contributed by atoms with E-state index in [-0.39, 0.29) is 22.9 Å². The van der Waals surface area contributed by atoms with Gasteiger partial charge in [0, 0.05) is 16.4 Å². The summed E-state index contributed by atoms with van der Waals surface area (Å²) < 4.78 is 0. The van der Waals surface area contributed by atoms with E-state index in [4.69, 9.17) is 0 Å². The van der Waals surface area contributed by atoms with Crippen LogP contribution in [0.1, 0.15) is 36.5 Å². The van der Waals surface area contributed by atoms with Crippen LogP contribution in [0.3, 0.4) is 0 Å². The number of benzene rings is 1. The second-order valence-electron chi connectivity index (χ2n) is 4.95. The van der Waals surface area contributed by atoms with Crippen molar-refractivity contribution in [2.24, 2.45) is 5.92 Å². The van der Waals surface area contributed by atoms with Crippen molar-refractivity contribution < 1.29 is 9.59 Å². The molecule has 1 amide bonds. The van der Waals surface area contributed by atoms with Gasteiger partial charge >= 0.3 is 0 Å². The van der Waals surface area contributed by atoms with E-state index in [1.807, 2.05) is 25.1 Å². The molecule has 3 nitrogen and oxygen atoms in total. The standard InChI is InChI=1S/C14H15NO2S/c1-8-14(17)15-11-7-10(5-6-12(11)18-8)13(16)9-3-2-4-9/h5-9H,2-4H2,1H3,(H,15,17). The van der Waals surface area contributed by atoms with Crippen molar-refractivity contribution in [1.82, 2.24) is 0 Å². The van der Waals surface area contributed by atoms with Crippen LogP contribution in [0.4, 0.5) is 5.69 Å². The minimum atomic E-state index is -0.0642. The number of anilines is 1. The molecule has 1 heterocycles. The highest BCUT2D eigenvalue weighted by Crippen LogP contribution is 2.37.